The van der Waals surface area contributed by atoms with E-state index in [1.54, 1.807) is 0 Å². The van der Waals surface area contributed by atoms with E-state index in [-0.39, 0.29) is 5.02 Å². The summed E-state index contributed by atoms with van der Waals surface area (Å²) in [5, 5.41) is 8.66. The van der Waals surface area contributed by atoms with Crippen LogP contribution in [0.4, 0.5) is 14.5 Å². The summed E-state index contributed by atoms with van der Waals surface area (Å²) in [5.41, 5.74) is 0.393. The first-order valence-electron chi connectivity index (χ1n) is 5.48. The Morgan fingerprint density at radius 1 is 1.26 bits per heavy atom. The lowest BCUT2D eigenvalue weighted by Crippen LogP contribution is -2.13. The number of H-pyrrole nitrogens is 1. The van der Waals surface area contributed by atoms with Gasteiger partial charge in [-0.2, -0.15) is 5.10 Å². The standard InChI is InChI=1S/C12H10ClF2N3O/c13-11-10(6-17-18-12(11)19)16-2-1-7-3-8(14)5-9(15)4-7/h3-6H,1-2H2,(H2,16,18,19). The fourth-order valence-corrected chi connectivity index (χ4v) is 1.76. The number of hydrogen-bond donors (Lipinski definition) is 2. The normalized spacial score (nSPS) is 10.5. The third-order valence-electron chi connectivity index (χ3n) is 2.45. The molecule has 1 heterocycles. The van der Waals surface area contributed by atoms with Crippen molar-refractivity contribution < 1.29 is 8.78 Å². The van der Waals surface area contributed by atoms with Gasteiger partial charge >= 0.3 is 0 Å². The number of nitrogens with one attached hydrogen (secondary N) is 2. The molecule has 2 N–H and O–H groups in total. The van der Waals surface area contributed by atoms with Crippen LogP contribution in [0.2, 0.25) is 5.02 Å². The predicted octanol–water partition coefficient (Wildman–Crippen LogP) is 2.36. The van der Waals surface area contributed by atoms with Crippen LogP contribution < -0.4 is 10.9 Å². The van der Waals surface area contributed by atoms with Crippen LogP contribution in [-0.2, 0) is 6.42 Å². The van der Waals surface area contributed by atoms with Gasteiger partial charge in [-0.3, -0.25) is 4.79 Å². The summed E-state index contributed by atoms with van der Waals surface area (Å²) in [5.74, 6) is -1.24. The molecule has 0 spiro atoms. The highest BCUT2D eigenvalue weighted by Crippen LogP contribution is 2.14. The molecule has 2 aromatic rings. The maximum absolute atomic E-state index is 13.0. The highest BCUT2D eigenvalue weighted by Gasteiger charge is 2.05. The first-order valence-corrected chi connectivity index (χ1v) is 5.86. The van der Waals surface area contributed by atoms with Gasteiger partial charge in [-0.05, 0) is 24.1 Å². The lowest BCUT2D eigenvalue weighted by molar-refractivity contribution is 0.580. The van der Waals surface area contributed by atoms with Crippen LogP contribution in [0.25, 0.3) is 0 Å². The molecule has 0 bridgehead atoms. The van der Waals surface area contributed by atoms with Gasteiger partial charge in [0.15, 0.2) is 0 Å². The number of benzene rings is 1. The Morgan fingerprint density at radius 2 is 1.95 bits per heavy atom. The third kappa shape index (κ3) is 3.51. The molecule has 0 aliphatic rings. The van der Waals surface area contributed by atoms with Crippen LogP contribution in [0.3, 0.4) is 0 Å². The number of halogens is 3. The molecule has 1 aromatic heterocycles. The molecular formula is C12H10ClF2N3O. The van der Waals surface area contributed by atoms with Gasteiger partial charge in [0.2, 0.25) is 0 Å². The van der Waals surface area contributed by atoms with Crippen LogP contribution in [0.5, 0.6) is 0 Å². The monoisotopic (exact) mass is 285 g/mol. The van der Waals surface area contributed by atoms with Crippen molar-refractivity contribution in [2.45, 2.75) is 6.42 Å². The lowest BCUT2D eigenvalue weighted by Gasteiger charge is -2.07. The molecule has 0 radical (unpaired) electrons. The smallest absolute Gasteiger partial charge is 0.285 e. The van der Waals surface area contributed by atoms with Gasteiger partial charge in [0.1, 0.15) is 16.7 Å². The molecule has 0 aliphatic carbocycles. The van der Waals surface area contributed by atoms with Crippen molar-refractivity contribution >= 4 is 17.3 Å². The van der Waals surface area contributed by atoms with Gasteiger partial charge in [-0.1, -0.05) is 11.6 Å². The molecule has 4 nitrogen and oxygen atoms in total. The summed E-state index contributed by atoms with van der Waals surface area (Å²) < 4.78 is 25.9. The second-order valence-corrected chi connectivity index (χ2v) is 4.26. The first-order chi connectivity index (χ1) is 9.06. The zero-order valence-corrected chi connectivity index (χ0v) is 10.5. The molecule has 0 fully saturated rings. The molecule has 0 unspecified atom stereocenters. The van der Waals surface area contributed by atoms with Crippen molar-refractivity contribution in [3.05, 3.63) is 57.0 Å². The van der Waals surface area contributed by atoms with E-state index in [4.69, 9.17) is 11.6 Å². The highest BCUT2D eigenvalue weighted by atomic mass is 35.5. The van der Waals surface area contributed by atoms with Crippen molar-refractivity contribution in [3.63, 3.8) is 0 Å². The van der Waals surface area contributed by atoms with E-state index >= 15 is 0 Å². The maximum Gasteiger partial charge on any atom is 0.285 e. The summed E-state index contributed by atoms with van der Waals surface area (Å²) in [4.78, 5) is 11.2. The second kappa shape index (κ2) is 5.79. The van der Waals surface area contributed by atoms with Gasteiger partial charge in [0.25, 0.3) is 5.56 Å². The van der Waals surface area contributed by atoms with E-state index in [0.29, 0.717) is 24.2 Å². The molecule has 0 saturated heterocycles. The Labute approximate surface area is 112 Å². The van der Waals surface area contributed by atoms with Crippen molar-refractivity contribution in [2.75, 3.05) is 11.9 Å². The average Bonchev–Trinajstić information content (AvgIpc) is 2.33. The van der Waals surface area contributed by atoms with E-state index in [9.17, 15) is 13.6 Å². The van der Waals surface area contributed by atoms with Crippen LogP contribution in [0.15, 0.2) is 29.2 Å². The summed E-state index contributed by atoms with van der Waals surface area (Å²) in [7, 11) is 0. The Balaban J connectivity index is 2.00. The molecule has 0 atom stereocenters. The Kier molecular flexibility index (Phi) is 4.11. The van der Waals surface area contributed by atoms with E-state index in [0.717, 1.165) is 6.07 Å². The quantitative estimate of drug-likeness (QED) is 0.907. The zero-order valence-electron chi connectivity index (χ0n) is 9.71. The van der Waals surface area contributed by atoms with Gasteiger partial charge < -0.3 is 5.32 Å². The average molecular weight is 286 g/mol. The minimum absolute atomic E-state index is 0.000391. The zero-order chi connectivity index (χ0) is 13.8. The summed E-state index contributed by atoms with van der Waals surface area (Å²) in [6.07, 6.45) is 1.76. The molecular weight excluding hydrogens is 276 g/mol. The third-order valence-corrected chi connectivity index (χ3v) is 2.82. The van der Waals surface area contributed by atoms with Gasteiger partial charge in [-0.25, -0.2) is 13.9 Å². The summed E-state index contributed by atoms with van der Waals surface area (Å²) >= 11 is 5.76. The number of aromatic amines is 1. The Bertz CT molecular complexity index is 625. The van der Waals surface area contributed by atoms with Gasteiger partial charge in [0, 0.05) is 12.6 Å². The number of nitrogens with zero attached hydrogens (tertiary/aromatic N) is 1. The van der Waals surface area contributed by atoms with Crippen LogP contribution in [0, 0.1) is 11.6 Å². The largest absolute Gasteiger partial charge is 0.382 e. The van der Waals surface area contributed by atoms with Crippen LogP contribution in [-0.4, -0.2) is 16.7 Å². The van der Waals surface area contributed by atoms with Crippen LogP contribution in [0.1, 0.15) is 5.56 Å². The molecule has 7 heteroatoms. The molecule has 0 aliphatic heterocycles. The molecule has 1 aromatic carbocycles. The Hall–Kier alpha value is -1.95. The van der Waals surface area contributed by atoms with Crippen molar-refractivity contribution in [1.82, 2.24) is 10.2 Å². The topological polar surface area (TPSA) is 57.8 Å². The fraction of sp³-hybridized carbons (Fsp3) is 0.167. The first kappa shape index (κ1) is 13.5. The Morgan fingerprint density at radius 3 is 2.63 bits per heavy atom. The van der Waals surface area contributed by atoms with Crippen molar-refractivity contribution in [1.29, 1.82) is 0 Å². The summed E-state index contributed by atoms with van der Waals surface area (Å²) in [6.45, 7) is 0.369. The SMILES string of the molecule is O=c1[nH]ncc(NCCc2cc(F)cc(F)c2)c1Cl. The molecule has 0 saturated carbocycles. The maximum atomic E-state index is 13.0. The van der Waals surface area contributed by atoms with Gasteiger partial charge in [0.05, 0.1) is 11.9 Å². The highest BCUT2D eigenvalue weighted by molar-refractivity contribution is 6.32. The van der Waals surface area contributed by atoms with Crippen LogP contribution >= 0.6 is 11.6 Å². The fourth-order valence-electron chi connectivity index (χ4n) is 1.60. The van der Waals surface area contributed by atoms with Crippen molar-refractivity contribution in [2.24, 2.45) is 0 Å². The van der Waals surface area contributed by atoms with E-state index in [1.165, 1.54) is 18.3 Å². The molecule has 2 rings (SSSR count). The molecule has 0 amide bonds. The van der Waals surface area contributed by atoms with E-state index < -0.39 is 17.2 Å². The van der Waals surface area contributed by atoms with E-state index in [1.807, 2.05) is 0 Å². The second-order valence-electron chi connectivity index (χ2n) is 3.88. The van der Waals surface area contributed by atoms with Gasteiger partial charge in [-0.15, -0.1) is 0 Å². The van der Waals surface area contributed by atoms with E-state index in [2.05, 4.69) is 15.5 Å². The molecule has 100 valence electrons. The predicted molar refractivity (Wildman–Crippen MR) is 68.4 cm³/mol. The number of rotatable bonds is 4. The van der Waals surface area contributed by atoms with Crippen molar-refractivity contribution in [3.8, 4) is 0 Å². The summed E-state index contributed by atoms with van der Waals surface area (Å²) in [6, 6.07) is 3.32. The molecule has 19 heavy (non-hydrogen) atoms. The number of aromatic nitrogens is 2. The number of hydrogen-bond acceptors (Lipinski definition) is 3. The minimum Gasteiger partial charge on any atom is -0.382 e. The minimum atomic E-state index is -0.620. The lowest BCUT2D eigenvalue weighted by atomic mass is 10.1. The number of anilines is 1.